The molecule has 0 aromatic carbocycles. The van der Waals surface area contributed by atoms with Gasteiger partial charge in [0, 0.05) is 55.0 Å². The number of hydrogen-bond donors (Lipinski definition) is 2. The van der Waals surface area contributed by atoms with Gasteiger partial charge in [0.25, 0.3) is 5.56 Å². The van der Waals surface area contributed by atoms with Gasteiger partial charge in [0.15, 0.2) is 0 Å². The first-order valence-electron chi connectivity index (χ1n) is 9.68. The summed E-state index contributed by atoms with van der Waals surface area (Å²) >= 11 is 1.64. The highest BCUT2D eigenvalue weighted by molar-refractivity contribution is 7.09. The fraction of sp³-hybridized carbons (Fsp3) is 0.550. The summed E-state index contributed by atoms with van der Waals surface area (Å²) in [5, 5.41) is 9.61. The molecule has 4 heterocycles. The quantitative estimate of drug-likeness (QED) is 0.825. The third-order valence-electron chi connectivity index (χ3n) is 5.62. The number of aromatic nitrogens is 2. The molecule has 2 bridgehead atoms. The lowest BCUT2D eigenvalue weighted by Gasteiger charge is -2.42. The molecule has 2 aromatic rings. The van der Waals surface area contributed by atoms with Crippen molar-refractivity contribution in [2.75, 3.05) is 19.6 Å². The smallest absolute Gasteiger partial charge is 0.251 e. The molecule has 144 valence electrons. The van der Waals surface area contributed by atoms with E-state index in [0.29, 0.717) is 18.4 Å². The van der Waals surface area contributed by atoms with Crippen molar-refractivity contribution >= 4 is 17.2 Å². The van der Waals surface area contributed by atoms with Gasteiger partial charge in [-0.2, -0.15) is 0 Å². The number of amides is 1. The summed E-state index contributed by atoms with van der Waals surface area (Å²) in [6.45, 7) is 6.45. The lowest BCUT2D eigenvalue weighted by molar-refractivity contribution is -0.126. The summed E-state index contributed by atoms with van der Waals surface area (Å²) in [5.41, 5.74) is 2.01. The lowest BCUT2D eigenvalue weighted by Crippen LogP contribution is -2.52. The Morgan fingerprint density at radius 2 is 2.26 bits per heavy atom. The number of nitrogens with one attached hydrogen (secondary N) is 2. The molecule has 1 fully saturated rings. The van der Waals surface area contributed by atoms with Gasteiger partial charge >= 0.3 is 0 Å². The first kappa shape index (κ1) is 18.4. The zero-order valence-electron chi connectivity index (χ0n) is 15.8. The highest BCUT2D eigenvalue weighted by Gasteiger charge is 2.41. The summed E-state index contributed by atoms with van der Waals surface area (Å²) in [7, 11) is 0. The van der Waals surface area contributed by atoms with Crippen LogP contribution < -0.4 is 16.2 Å². The van der Waals surface area contributed by atoms with E-state index in [1.165, 1.54) is 0 Å². The second kappa shape index (κ2) is 7.56. The number of pyridine rings is 1. The maximum absolute atomic E-state index is 13.0. The summed E-state index contributed by atoms with van der Waals surface area (Å²) in [4.78, 5) is 30.1. The van der Waals surface area contributed by atoms with E-state index in [1.807, 2.05) is 6.07 Å². The second-order valence-electron chi connectivity index (χ2n) is 7.82. The van der Waals surface area contributed by atoms with Crippen LogP contribution in [0, 0.1) is 5.92 Å². The molecule has 1 saturated heterocycles. The summed E-state index contributed by atoms with van der Waals surface area (Å²) in [5.74, 6) is 0.828. The Morgan fingerprint density at radius 1 is 1.41 bits per heavy atom. The summed E-state index contributed by atoms with van der Waals surface area (Å²) in [6, 6.07) is 4.91. The SMILES string of the molecule is CC(C)c1csc(CCNC(=O)[C@H]2[C@@H]3CNC[C@@H](C3)c3cccc(=O)n32)n1. The van der Waals surface area contributed by atoms with Crippen LogP contribution >= 0.6 is 11.3 Å². The molecule has 0 saturated carbocycles. The lowest BCUT2D eigenvalue weighted by atomic mass is 9.79. The molecule has 2 N–H and O–H groups in total. The van der Waals surface area contributed by atoms with Gasteiger partial charge in [-0.15, -0.1) is 11.3 Å². The van der Waals surface area contributed by atoms with E-state index in [2.05, 4.69) is 34.8 Å². The van der Waals surface area contributed by atoms with Gasteiger partial charge in [0.2, 0.25) is 5.91 Å². The standard InChI is InChI=1S/C20H26N4O2S/c1-12(2)15-11-27-17(23-15)6-7-22-20(26)19-14-8-13(9-21-10-14)16-4-3-5-18(25)24(16)19/h3-5,11-14,19,21H,6-10H2,1-2H3,(H,22,26)/t13-,14+,19-/m1/s1. The number of carbonyl (C=O) groups is 1. The molecule has 2 aliphatic rings. The molecule has 27 heavy (non-hydrogen) atoms. The van der Waals surface area contributed by atoms with Crippen molar-refractivity contribution < 1.29 is 4.79 Å². The van der Waals surface area contributed by atoms with E-state index in [1.54, 1.807) is 28.0 Å². The fourth-order valence-corrected chi connectivity index (χ4v) is 5.19. The Balaban J connectivity index is 1.48. The summed E-state index contributed by atoms with van der Waals surface area (Å²) < 4.78 is 1.73. The third kappa shape index (κ3) is 3.58. The van der Waals surface area contributed by atoms with Crippen molar-refractivity contribution in [3.8, 4) is 0 Å². The van der Waals surface area contributed by atoms with Gasteiger partial charge in [-0.25, -0.2) is 4.98 Å². The minimum Gasteiger partial charge on any atom is -0.354 e. The van der Waals surface area contributed by atoms with Gasteiger partial charge in [-0.3, -0.25) is 14.2 Å². The maximum atomic E-state index is 13.0. The van der Waals surface area contributed by atoms with E-state index >= 15 is 0 Å². The molecule has 2 aromatic heterocycles. The van der Waals surface area contributed by atoms with E-state index in [4.69, 9.17) is 0 Å². The van der Waals surface area contributed by atoms with Gasteiger partial charge in [-0.1, -0.05) is 19.9 Å². The highest BCUT2D eigenvalue weighted by atomic mass is 32.1. The molecule has 0 unspecified atom stereocenters. The first-order valence-corrected chi connectivity index (χ1v) is 10.6. The molecular formula is C20H26N4O2S. The van der Waals surface area contributed by atoms with E-state index in [-0.39, 0.29) is 17.4 Å². The van der Waals surface area contributed by atoms with Crippen LogP contribution in [0.4, 0.5) is 0 Å². The Morgan fingerprint density at radius 3 is 3.04 bits per heavy atom. The second-order valence-corrected chi connectivity index (χ2v) is 8.76. The third-order valence-corrected chi connectivity index (χ3v) is 6.54. The molecule has 2 aliphatic heterocycles. The number of rotatable bonds is 5. The molecule has 0 aliphatic carbocycles. The van der Waals surface area contributed by atoms with Gasteiger partial charge in [-0.05, 0) is 18.4 Å². The number of fused-ring (bicyclic) bond motifs is 4. The van der Waals surface area contributed by atoms with Crippen molar-refractivity contribution in [2.45, 2.75) is 44.6 Å². The van der Waals surface area contributed by atoms with E-state index < -0.39 is 6.04 Å². The molecule has 0 spiro atoms. The minimum absolute atomic E-state index is 0.0580. The van der Waals surface area contributed by atoms with Crippen LogP contribution in [0.15, 0.2) is 28.4 Å². The van der Waals surface area contributed by atoms with E-state index in [0.717, 1.165) is 42.3 Å². The molecule has 3 atom stereocenters. The minimum atomic E-state index is -0.430. The predicted molar refractivity (Wildman–Crippen MR) is 106 cm³/mol. The number of hydrogen-bond acceptors (Lipinski definition) is 5. The fourth-order valence-electron chi connectivity index (χ4n) is 4.23. The van der Waals surface area contributed by atoms with Crippen LogP contribution in [0.2, 0.25) is 0 Å². The molecular weight excluding hydrogens is 360 g/mol. The highest BCUT2D eigenvalue weighted by Crippen LogP contribution is 2.38. The Labute approximate surface area is 163 Å². The topological polar surface area (TPSA) is 76.0 Å². The van der Waals surface area contributed by atoms with Crippen LogP contribution in [-0.2, 0) is 11.2 Å². The van der Waals surface area contributed by atoms with Crippen LogP contribution in [0.3, 0.4) is 0 Å². The van der Waals surface area contributed by atoms with Crippen LogP contribution in [0.25, 0.3) is 0 Å². The monoisotopic (exact) mass is 386 g/mol. The Kier molecular flexibility index (Phi) is 5.14. The average molecular weight is 387 g/mol. The largest absolute Gasteiger partial charge is 0.354 e. The zero-order chi connectivity index (χ0) is 19.0. The summed E-state index contributed by atoms with van der Waals surface area (Å²) in [6.07, 6.45) is 1.68. The number of piperidine rings is 1. The van der Waals surface area contributed by atoms with Crippen molar-refractivity contribution in [3.05, 3.63) is 50.3 Å². The van der Waals surface area contributed by atoms with Crippen LogP contribution in [0.1, 0.15) is 54.5 Å². The Bertz CT molecular complexity index is 888. The van der Waals surface area contributed by atoms with Crippen LogP contribution in [0.5, 0.6) is 0 Å². The first-order chi connectivity index (χ1) is 13.0. The maximum Gasteiger partial charge on any atom is 0.251 e. The van der Waals surface area contributed by atoms with Crippen molar-refractivity contribution in [3.63, 3.8) is 0 Å². The van der Waals surface area contributed by atoms with Gasteiger partial charge in [0.05, 0.1) is 10.7 Å². The molecule has 6 nitrogen and oxygen atoms in total. The molecule has 7 heteroatoms. The molecule has 1 amide bonds. The van der Waals surface area contributed by atoms with Crippen molar-refractivity contribution in [2.24, 2.45) is 5.92 Å². The number of thiazole rings is 1. The van der Waals surface area contributed by atoms with Crippen molar-refractivity contribution in [1.29, 1.82) is 0 Å². The van der Waals surface area contributed by atoms with E-state index in [9.17, 15) is 9.59 Å². The molecule has 4 rings (SSSR count). The van der Waals surface area contributed by atoms with Crippen LogP contribution in [-0.4, -0.2) is 35.1 Å². The molecule has 0 radical (unpaired) electrons. The zero-order valence-corrected chi connectivity index (χ0v) is 16.6. The van der Waals surface area contributed by atoms with Crippen molar-refractivity contribution in [1.82, 2.24) is 20.2 Å². The Hall–Kier alpha value is -1.99. The normalized spacial score (nSPS) is 23.9. The number of carbonyl (C=O) groups excluding carboxylic acids is 1. The van der Waals surface area contributed by atoms with Gasteiger partial charge < -0.3 is 10.6 Å². The van der Waals surface area contributed by atoms with Gasteiger partial charge in [0.1, 0.15) is 6.04 Å². The average Bonchev–Trinajstić information content (AvgIpc) is 3.12. The number of nitrogens with zero attached hydrogens (tertiary/aromatic N) is 2. The predicted octanol–water partition coefficient (Wildman–Crippen LogP) is 2.03.